The standard InChI is InChI=1S/C28H31NO4/c1-17(30)29-16-24-11-23(22-5-2-18(3-6-22)4-7-26(31)32)12-25(27(24)33)28-13-19-8-20(14-28)10-21(9-19)15-28/h2-7,11-12,19-21,33H,8-10,13-16H2,1H3,(H,29,30)(H,31,32)/b7-4+. The summed E-state index contributed by atoms with van der Waals surface area (Å²) in [7, 11) is 0. The summed E-state index contributed by atoms with van der Waals surface area (Å²) < 4.78 is 0. The summed E-state index contributed by atoms with van der Waals surface area (Å²) in [6.45, 7) is 1.79. The van der Waals surface area contributed by atoms with E-state index in [-0.39, 0.29) is 11.3 Å². The minimum Gasteiger partial charge on any atom is -0.507 e. The van der Waals surface area contributed by atoms with Gasteiger partial charge in [0.15, 0.2) is 0 Å². The second kappa shape index (κ2) is 8.36. The highest BCUT2D eigenvalue weighted by Crippen LogP contribution is 2.62. The number of phenols is 1. The molecular weight excluding hydrogens is 414 g/mol. The van der Waals surface area contributed by atoms with Crippen molar-refractivity contribution in [1.29, 1.82) is 0 Å². The fraction of sp³-hybridized carbons (Fsp3) is 0.429. The van der Waals surface area contributed by atoms with Crippen LogP contribution in [0, 0.1) is 17.8 Å². The average molecular weight is 446 g/mol. The SMILES string of the molecule is CC(=O)NCc1cc(-c2ccc(/C=C/C(=O)O)cc2)cc(C23CC4CC(CC(C4)C2)C3)c1O. The molecule has 2 aromatic rings. The molecule has 3 N–H and O–H groups in total. The molecule has 4 saturated carbocycles. The third kappa shape index (κ3) is 4.29. The molecule has 4 bridgehead atoms. The van der Waals surface area contributed by atoms with E-state index in [0.29, 0.717) is 12.3 Å². The molecule has 0 aliphatic heterocycles. The van der Waals surface area contributed by atoms with Crippen LogP contribution in [0.3, 0.4) is 0 Å². The van der Waals surface area contributed by atoms with Gasteiger partial charge in [-0.2, -0.15) is 0 Å². The maximum absolute atomic E-state index is 11.6. The highest BCUT2D eigenvalue weighted by Gasteiger charge is 2.52. The smallest absolute Gasteiger partial charge is 0.328 e. The molecule has 4 aliphatic rings. The van der Waals surface area contributed by atoms with Crippen LogP contribution in [-0.4, -0.2) is 22.1 Å². The second-order valence-corrected chi connectivity index (χ2v) is 10.4. The van der Waals surface area contributed by atoms with Crippen LogP contribution >= 0.6 is 0 Å². The fourth-order valence-electron chi connectivity index (χ4n) is 7.01. The first-order chi connectivity index (χ1) is 15.8. The summed E-state index contributed by atoms with van der Waals surface area (Å²) in [5.74, 6) is 1.54. The Morgan fingerprint density at radius 1 is 1.00 bits per heavy atom. The number of carbonyl (C=O) groups excluding carboxylic acids is 1. The maximum Gasteiger partial charge on any atom is 0.328 e. The van der Waals surface area contributed by atoms with Crippen LogP contribution in [0.25, 0.3) is 17.2 Å². The van der Waals surface area contributed by atoms with E-state index in [2.05, 4.69) is 11.4 Å². The van der Waals surface area contributed by atoms with Gasteiger partial charge < -0.3 is 15.5 Å². The molecule has 4 aliphatic carbocycles. The average Bonchev–Trinajstić information content (AvgIpc) is 2.76. The first-order valence-corrected chi connectivity index (χ1v) is 11.9. The highest BCUT2D eigenvalue weighted by atomic mass is 16.4. The van der Waals surface area contributed by atoms with E-state index < -0.39 is 5.97 Å². The van der Waals surface area contributed by atoms with Crippen LogP contribution in [0.5, 0.6) is 5.75 Å². The lowest BCUT2D eigenvalue weighted by Gasteiger charge is -2.57. The fourth-order valence-corrected chi connectivity index (χ4v) is 7.01. The molecule has 2 aromatic carbocycles. The molecule has 0 unspecified atom stereocenters. The maximum atomic E-state index is 11.6. The van der Waals surface area contributed by atoms with Gasteiger partial charge in [0.25, 0.3) is 0 Å². The summed E-state index contributed by atoms with van der Waals surface area (Å²) in [6.07, 6.45) is 10.2. The van der Waals surface area contributed by atoms with Gasteiger partial charge in [0.2, 0.25) is 5.91 Å². The van der Waals surface area contributed by atoms with Crippen LogP contribution in [0.4, 0.5) is 0 Å². The van der Waals surface area contributed by atoms with Gasteiger partial charge in [-0.25, -0.2) is 4.79 Å². The molecule has 172 valence electrons. The van der Waals surface area contributed by atoms with E-state index in [9.17, 15) is 14.7 Å². The topological polar surface area (TPSA) is 86.6 Å². The predicted molar refractivity (Wildman–Crippen MR) is 128 cm³/mol. The number of aromatic hydroxyl groups is 1. The Morgan fingerprint density at radius 2 is 1.61 bits per heavy atom. The lowest BCUT2D eigenvalue weighted by atomic mass is 9.48. The van der Waals surface area contributed by atoms with Gasteiger partial charge in [0, 0.05) is 30.7 Å². The van der Waals surface area contributed by atoms with E-state index in [4.69, 9.17) is 5.11 Å². The van der Waals surface area contributed by atoms with E-state index in [1.54, 1.807) is 6.08 Å². The minimum atomic E-state index is -0.972. The molecule has 33 heavy (non-hydrogen) atoms. The van der Waals surface area contributed by atoms with Crippen molar-refractivity contribution in [2.75, 3.05) is 0 Å². The molecule has 5 heteroatoms. The van der Waals surface area contributed by atoms with Crippen molar-refractivity contribution in [3.63, 3.8) is 0 Å². The van der Waals surface area contributed by atoms with Gasteiger partial charge in [-0.1, -0.05) is 24.3 Å². The Balaban J connectivity index is 1.55. The first kappa shape index (κ1) is 21.7. The summed E-state index contributed by atoms with van der Waals surface area (Å²) in [5, 5.41) is 23.1. The number of phenolic OH excluding ortho intramolecular Hbond substituents is 1. The molecule has 0 spiro atoms. The van der Waals surface area contributed by atoms with E-state index in [1.807, 2.05) is 30.3 Å². The van der Waals surface area contributed by atoms with Crippen molar-refractivity contribution in [2.24, 2.45) is 17.8 Å². The molecule has 0 heterocycles. The van der Waals surface area contributed by atoms with Crippen LogP contribution < -0.4 is 5.32 Å². The summed E-state index contributed by atoms with van der Waals surface area (Å²) >= 11 is 0. The number of carboxylic acids is 1. The Morgan fingerprint density at radius 3 is 2.15 bits per heavy atom. The van der Waals surface area contributed by atoms with Crippen LogP contribution in [0.2, 0.25) is 0 Å². The molecule has 0 aromatic heterocycles. The minimum absolute atomic E-state index is 0.0317. The Kier molecular flexibility index (Phi) is 5.51. The van der Waals surface area contributed by atoms with Crippen molar-refractivity contribution in [3.05, 3.63) is 59.2 Å². The van der Waals surface area contributed by atoms with Crippen LogP contribution in [0.1, 0.15) is 62.1 Å². The zero-order chi connectivity index (χ0) is 23.2. The lowest BCUT2D eigenvalue weighted by molar-refractivity contribution is -0.131. The van der Waals surface area contributed by atoms with Crippen LogP contribution in [0.15, 0.2) is 42.5 Å². The number of rotatable bonds is 6. The highest BCUT2D eigenvalue weighted by molar-refractivity contribution is 5.85. The predicted octanol–water partition coefficient (Wildman–Crippen LogP) is 5.26. The van der Waals surface area contributed by atoms with Gasteiger partial charge >= 0.3 is 5.97 Å². The quantitative estimate of drug-likeness (QED) is 0.529. The van der Waals surface area contributed by atoms with Crippen molar-refractivity contribution >= 4 is 18.0 Å². The van der Waals surface area contributed by atoms with Crippen molar-refractivity contribution in [2.45, 2.75) is 57.4 Å². The van der Waals surface area contributed by atoms with Gasteiger partial charge in [-0.15, -0.1) is 0 Å². The molecule has 6 rings (SSSR count). The van der Waals surface area contributed by atoms with Gasteiger partial charge in [0.05, 0.1) is 0 Å². The number of amides is 1. The normalized spacial score (nSPS) is 27.7. The molecule has 5 nitrogen and oxygen atoms in total. The Hall–Kier alpha value is -3.08. The third-order valence-electron chi connectivity index (χ3n) is 7.99. The number of carboxylic acid groups (broad SMARTS) is 1. The molecule has 0 atom stereocenters. The Bertz CT molecular complexity index is 1080. The van der Waals surface area contributed by atoms with Gasteiger partial charge in [0.1, 0.15) is 5.75 Å². The summed E-state index contributed by atoms with van der Waals surface area (Å²) in [6, 6.07) is 11.9. The second-order valence-electron chi connectivity index (χ2n) is 10.4. The molecule has 4 fully saturated rings. The van der Waals surface area contributed by atoms with E-state index in [0.717, 1.165) is 70.9 Å². The van der Waals surface area contributed by atoms with Gasteiger partial charge in [-0.05, 0) is 96.6 Å². The number of benzene rings is 2. The number of hydrogen-bond acceptors (Lipinski definition) is 3. The van der Waals surface area contributed by atoms with Crippen molar-refractivity contribution in [1.82, 2.24) is 5.32 Å². The zero-order valence-corrected chi connectivity index (χ0v) is 19.0. The van der Waals surface area contributed by atoms with Gasteiger partial charge in [-0.3, -0.25) is 4.79 Å². The van der Waals surface area contributed by atoms with Crippen LogP contribution in [-0.2, 0) is 21.5 Å². The molecule has 1 amide bonds. The number of hydrogen-bond donors (Lipinski definition) is 3. The summed E-state index contributed by atoms with van der Waals surface area (Å²) in [5.41, 5.74) is 4.69. The van der Waals surface area contributed by atoms with E-state index >= 15 is 0 Å². The van der Waals surface area contributed by atoms with Crippen molar-refractivity contribution < 1.29 is 19.8 Å². The monoisotopic (exact) mass is 445 g/mol. The van der Waals surface area contributed by atoms with E-state index in [1.165, 1.54) is 26.2 Å². The summed E-state index contributed by atoms with van der Waals surface area (Å²) in [4.78, 5) is 22.4. The number of carbonyl (C=O) groups is 2. The molecule has 0 saturated heterocycles. The lowest BCUT2D eigenvalue weighted by Crippen LogP contribution is -2.48. The Labute approximate surface area is 194 Å². The first-order valence-electron chi connectivity index (χ1n) is 11.9. The number of aliphatic carboxylic acids is 1. The molecular formula is C28H31NO4. The number of nitrogens with one attached hydrogen (secondary N) is 1. The molecule has 0 radical (unpaired) electrons. The zero-order valence-electron chi connectivity index (χ0n) is 19.0. The largest absolute Gasteiger partial charge is 0.507 e. The third-order valence-corrected chi connectivity index (χ3v) is 7.99. The van der Waals surface area contributed by atoms with Crippen molar-refractivity contribution in [3.8, 4) is 16.9 Å².